The predicted octanol–water partition coefficient (Wildman–Crippen LogP) is 3.30. The summed E-state index contributed by atoms with van der Waals surface area (Å²) in [7, 11) is 0. The number of aryl methyl sites for hydroxylation is 1. The summed E-state index contributed by atoms with van der Waals surface area (Å²) >= 11 is 0. The number of ether oxygens (including phenoxy) is 1. The van der Waals surface area contributed by atoms with E-state index in [9.17, 15) is 5.11 Å². The Morgan fingerprint density at radius 1 is 1.29 bits per heavy atom. The second kappa shape index (κ2) is 4.79. The van der Waals surface area contributed by atoms with Crippen LogP contribution in [-0.2, 0) is 4.74 Å². The van der Waals surface area contributed by atoms with Crippen molar-refractivity contribution in [1.29, 1.82) is 0 Å². The molecule has 1 fully saturated rings. The molecule has 1 aromatic rings. The molecule has 2 atom stereocenters. The smallest absolute Gasteiger partial charge is 0.108 e. The lowest BCUT2D eigenvalue weighted by molar-refractivity contribution is -0.138. The van der Waals surface area contributed by atoms with Crippen LogP contribution < -0.4 is 0 Å². The topological polar surface area (TPSA) is 29.5 Å². The molecule has 2 heteroatoms. The predicted molar refractivity (Wildman–Crippen MR) is 69.1 cm³/mol. The average Bonchev–Trinajstić information content (AvgIpc) is 2.33. The lowest BCUT2D eigenvalue weighted by Gasteiger charge is -2.38. The molecule has 0 aliphatic carbocycles. The highest BCUT2D eigenvalue weighted by molar-refractivity contribution is 5.35. The Morgan fingerprint density at radius 2 is 2.06 bits per heavy atom. The molecule has 1 aliphatic rings. The first-order valence-corrected chi connectivity index (χ1v) is 6.43. The van der Waals surface area contributed by atoms with E-state index in [4.69, 9.17) is 4.74 Å². The van der Waals surface area contributed by atoms with Crippen LogP contribution in [0.4, 0.5) is 0 Å². The number of hydrogen-bond acceptors (Lipinski definition) is 2. The third kappa shape index (κ3) is 2.38. The molecule has 2 rings (SSSR count). The molecule has 1 aliphatic heterocycles. The van der Waals surface area contributed by atoms with Crippen LogP contribution in [0.3, 0.4) is 0 Å². The van der Waals surface area contributed by atoms with Gasteiger partial charge in [0, 0.05) is 6.61 Å². The molecular formula is C15H22O2. The van der Waals surface area contributed by atoms with Crippen LogP contribution in [0.15, 0.2) is 18.2 Å². The molecule has 94 valence electrons. The minimum absolute atomic E-state index is 0.420. The highest BCUT2D eigenvalue weighted by Crippen LogP contribution is 2.37. The zero-order valence-corrected chi connectivity index (χ0v) is 11.0. The molecule has 0 aromatic heterocycles. The van der Waals surface area contributed by atoms with E-state index in [0.717, 1.165) is 31.4 Å². The fraction of sp³-hybridized carbons (Fsp3) is 0.600. The summed E-state index contributed by atoms with van der Waals surface area (Å²) in [5, 5.41) is 10.6. The number of aliphatic hydroxyl groups is 1. The molecule has 17 heavy (non-hydrogen) atoms. The van der Waals surface area contributed by atoms with Crippen LogP contribution in [0.1, 0.15) is 49.0 Å². The highest BCUT2D eigenvalue weighted by atomic mass is 16.5. The molecule has 1 aromatic carbocycles. The van der Waals surface area contributed by atoms with Crippen LogP contribution in [0, 0.1) is 13.8 Å². The van der Waals surface area contributed by atoms with Gasteiger partial charge in [0.15, 0.2) is 0 Å². The van der Waals surface area contributed by atoms with Gasteiger partial charge in [-0.1, -0.05) is 18.2 Å². The van der Waals surface area contributed by atoms with Gasteiger partial charge in [-0.05, 0) is 56.7 Å². The normalized spacial score (nSPS) is 26.8. The van der Waals surface area contributed by atoms with Gasteiger partial charge < -0.3 is 9.84 Å². The zero-order chi connectivity index (χ0) is 12.5. The summed E-state index contributed by atoms with van der Waals surface area (Å²) in [5.74, 6) is 0. The van der Waals surface area contributed by atoms with Crippen LogP contribution in [0.2, 0.25) is 0 Å². The van der Waals surface area contributed by atoms with Gasteiger partial charge in [-0.25, -0.2) is 0 Å². The van der Waals surface area contributed by atoms with Gasteiger partial charge >= 0.3 is 0 Å². The molecule has 2 nitrogen and oxygen atoms in total. The fourth-order valence-electron chi connectivity index (χ4n) is 2.57. The third-order valence-electron chi connectivity index (χ3n) is 4.02. The molecule has 0 bridgehead atoms. The third-order valence-corrected chi connectivity index (χ3v) is 4.02. The fourth-order valence-corrected chi connectivity index (χ4v) is 2.57. The SMILES string of the molecule is Cc1cccc(C(O)C2(C)CCCCO2)c1C. The maximum absolute atomic E-state index is 10.6. The molecule has 0 amide bonds. The summed E-state index contributed by atoms with van der Waals surface area (Å²) in [6, 6.07) is 6.10. The van der Waals surface area contributed by atoms with E-state index < -0.39 is 11.7 Å². The maximum atomic E-state index is 10.6. The van der Waals surface area contributed by atoms with Gasteiger partial charge in [0.2, 0.25) is 0 Å². The Labute approximate surface area is 104 Å². The molecule has 0 saturated carbocycles. The minimum atomic E-state index is -0.525. The molecule has 2 unspecified atom stereocenters. The summed E-state index contributed by atoms with van der Waals surface area (Å²) in [6.07, 6.45) is 2.65. The van der Waals surface area contributed by atoms with Crippen LogP contribution >= 0.6 is 0 Å². The van der Waals surface area contributed by atoms with E-state index in [1.54, 1.807) is 0 Å². The number of benzene rings is 1. The summed E-state index contributed by atoms with van der Waals surface area (Å²) in [5.41, 5.74) is 2.99. The first-order chi connectivity index (χ1) is 8.04. The van der Waals surface area contributed by atoms with Gasteiger partial charge in [-0.3, -0.25) is 0 Å². The second-order valence-corrected chi connectivity index (χ2v) is 5.31. The van der Waals surface area contributed by atoms with Gasteiger partial charge in [0.1, 0.15) is 6.10 Å². The average molecular weight is 234 g/mol. The summed E-state index contributed by atoms with van der Waals surface area (Å²) < 4.78 is 5.83. The van der Waals surface area contributed by atoms with E-state index in [-0.39, 0.29) is 0 Å². The first kappa shape index (κ1) is 12.6. The van der Waals surface area contributed by atoms with Gasteiger partial charge in [-0.2, -0.15) is 0 Å². The van der Waals surface area contributed by atoms with Crippen LogP contribution in [-0.4, -0.2) is 17.3 Å². The van der Waals surface area contributed by atoms with Crippen molar-refractivity contribution in [3.63, 3.8) is 0 Å². The second-order valence-electron chi connectivity index (χ2n) is 5.31. The van der Waals surface area contributed by atoms with Gasteiger partial charge in [0.25, 0.3) is 0 Å². The van der Waals surface area contributed by atoms with E-state index in [1.165, 1.54) is 11.1 Å². The molecule has 1 heterocycles. The standard InChI is InChI=1S/C15H22O2/c1-11-7-6-8-13(12(11)2)14(16)15(3)9-4-5-10-17-15/h6-8,14,16H,4-5,9-10H2,1-3H3. The maximum Gasteiger partial charge on any atom is 0.108 e. The Morgan fingerprint density at radius 3 is 2.71 bits per heavy atom. The zero-order valence-electron chi connectivity index (χ0n) is 11.0. The van der Waals surface area contributed by atoms with Gasteiger partial charge in [0.05, 0.1) is 5.60 Å². The van der Waals surface area contributed by atoms with Crippen molar-refractivity contribution in [2.75, 3.05) is 6.61 Å². The van der Waals surface area contributed by atoms with Crippen molar-refractivity contribution < 1.29 is 9.84 Å². The summed E-state index contributed by atoms with van der Waals surface area (Å²) in [4.78, 5) is 0. The minimum Gasteiger partial charge on any atom is -0.385 e. The van der Waals surface area contributed by atoms with Crippen molar-refractivity contribution in [3.05, 3.63) is 34.9 Å². The lowest BCUT2D eigenvalue weighted by atomic mass is 9.84. The van der Waals surface area contributed by atoms with Crippen molar-refractivity contribution in [2.24, 2.45) is 0 Å². The Kier molecular flexibility index (Phi) is 3.55. The molecule has 1 N–H and O–H groups in total. The highest BCUT2D eigenvalue weighted by Gasteiger charge is 2.37. The number of rotatable bonds is 2. The van der Waals surface area contributed by atoms with E-state index in [0.29, 0.717) is 0 Å². The molecule has 1 saturated heterocycles. The van der Waals surface area contributed by atoms with Crippen molar-refractivity contribution in [2.45, 2.75) is 51.7 Å². The summed E-state index contributed by atoms with van der Waals surface area (Å²) in [6.45, 7) is 6.94. The first-order valence-electron chi connectivity index (χ1n) is 6.43. The quantitative estimate of drug-likeness (QED) is 0.850. The molecule has 0 radical (unpaired) electrons. The molecular weight excluding hydrogens is 212 g/mol. The van der Waals surface area contributed by atoms with Crippen molar-refractivity contribution >= 4 is 0 Å². The number of hydrogen-bond donors (Lipinski definition) is 1. The lowest BCUT2D eigenvalue weighted by Crippen LogP contribution is -2.39. The van der Waals surface area contributed by atoms with Gasteiger partial charge in [-0.15, -0.1) is 0 Å². The van der Waals surface area contributed by atoms with Crippen molar-refractivity contribution in [3.8, 4) is 0 Å². The molecule has 0 spiro atoms. The monoisotopic (exact) mass is 234 g/mol. The Balaban J connectivity index is 2.29. The largest absolute Gasteiger partial charge is 0.385 e. The van der Waals surface area contributed by atoms with Crippen molar-refractivity contribution in [1.82, 2.24) is 0 Å². The van der Waals surface area contributed by atoms with E-state index >= 15 is 0 Å². The Hall–Kier alpha value is -0.860. The van der Waals surface area contributed by atoms with Crippen LogP contribution in [0.25, 0.3) is 0 Å². The number of aliphatic hydroxyl groups excluding tert-OH is 1. The Bertz CT molecular complexity index is 392. The van der Waals surface area contributed by atoms with E-state index in [1.807, 2.05) is 19.1 Å². The van der Waals surface area contributed by atoms with Crippen LogP contribution in [0.5, 0.6) is 0 Å². The van der Waals surface area contributed by atoms with E-state index in [2.05, 4.69) is 19.9 Å².